The Kier molecular flexibility index (Phi) is 3.35. The van der Waals surface area contributed by atoms with Crippen molar-refractivity contribution >= 4 is 0 Å². The zero-order chi connectivity index (χ0) is 12.5. The molecule has 3 rings (SSSR count). The average Bonchev–Trinajstić information content (AvgIpc) is 3.05. The standard InChI is InChI=1S/C15H21FN2/c1-11-7-13(11)10-18-6-5-17-9-15(18)12-3-2-4-14(16)8-12/h2-4,8,11,13,15,17H,5-7,9-10H2,1H3. The highest BCUT2D eigenvalue weighted by atomic mass is 19.1. The van der Waals surface area contributed by atoms with Crippen LogP contribution < -0.4 is 5.32 Å². The first-order chi connectivity index (χ1) is 8.74. The van der Waals surface area contributed by atoms with Crippen LogP contribution in [0.1, 0.15) is 24.9 Å². The molecule has 3 heteroatoms. The summed E-state index contributed by atoms with van der Waals surface area (Å²) in [7, 11) is 0. The highest BCUT2D eigenvalue weighted by molar-refractivity contribution is 5.21. The second-order valence-electron chi connectivity index (χ2n) is 5.74. The molecule has 3 unspecified atom stereocenters. The van der Waals surface area contributed by atoms with E-state index < -0.39 is 0 Å². The topological polar surface area (TPSA) is 15.3 Å². The minimum Gasteiger partial charge on any atom is -0.314 e. The van der Waals surface area contributed by atoms with Gasteiger partial charge in [-0.1, -0.05) is 19.1 Å². The van der Waals surface area contributed by atoms with Gasteiger partial charge in [-0.2, -0.15) is 0 Å². The van der Waals surface area contributed by atoms with E-state index in [4.69, 9.17) is 0 Å². The van der Waals surface area contributed by atoms with Gasteiger partial charge in [-0.15, -0.1) is 0 Å². The predicted octanol–water partition coefficient (Wildman–Crippen LogP) is 2.43. The Morgan fingerprint density at radius 2 is 2.28 bits per heavy atom. The minimum atomic E-state index is -0.127. The van der Waals surface area contributed by atoms with Gasteiger partial charge < -0.3 is 5.32 Å². The first-order valence-electron chi connectivity index (χ1n) is 6.94. The maximum atomic E-state index is 13.3. The Morgan fingerprint density at radius 1 is 1.44 bits per heavy atom. The molecule has 0 aromatic heterocycles. The zero-order valence-electron chi connectivity index (χ0n) is 10.9. The van der Waals surface area contributed by atoms with Crippen molar-refractivity contribution in [3.05, 3.63) is 35.6 Å². The average molecular weight is 248 g/mol. The first kappa shape index (κ1) is 12.1. The van der Waals surface area contributed by atoms with Crippen molar-refractivity contribution in [1.82, 2.24) is 10.2 Å². The van der Waals surface area contributed by atoms with Crippen molar-refractivity contribution in [3.63, 3.8) is 0 Å². The van der Waals surface area contributed by atoms with Crippen molar-refractivity contribution in [1.29, 1.82) is 0 Å². The van der Waals surface area contributed by atoms with Gasteiger partial charge >= 0.3 is 0 Å². The molecule has 1 aliphatic heterocycles. The van der Waals surface area contributed by atoms with Gasteiger partial charge in [0.15, 0.2) is 0 Å². The molecule has 18 heavy (non-hydrogen) atoms. The van der Waals surface area contributed by atoms with Gasteiger partial charge in [-0.25, -0.2) is 4.39 Å². The Hall–Kier alpha value is -0.930. The van der Waals surface area contributed by atoms with Crippen LogP contribution in [0.5, 0.6) is 0 Å². The lowest BCUT2D eigenvalue weighted by Gasteiger charge is -2.36. The Balaban J connectivity index is 1.74. The number of hydrogen-bond acceptors (Lipinski definition) is 2. The van der Waals surface area contributed by atoms with Crippen LogP contribution in [0.3, 0.4) is 0 Å². The molecule has 2 aliphatic rings. The molecule has 1 heterocycles. The smallest absolute Gasteiger partial charge is 0.123 e. The van der Waals surface area contributed by atoms with Gasteiger partial charge in [-0.3, -0.25) is 4.90 Å². The highest BCUT2D eigenvalue weighted by Gasteiger charge is 2.36. The van der Waals surface area contributed by atoms with Crippen molar-refractivity contribution in [2.75, 3.05) is 26.2 Å². The van der Waals surface area contributed by atoms with Gasteiger partial charge in [0.25, 0.3) is 0 Å². The maximum absolute atomic E-state index is 13.3. The molecule has 2 nitrogen and oxygen atoms in total. The Bertz CT molecular complexity index is 421. The number of benzene rings is 1. The Labute approximate surface area is 108 Å². The number of halogens is 1. The molecule has 1 N–H and O–H groups in total. The third-order valence-corrected chi connectivity index (χ3v) is 4.33. The molecule has 1 aliphatic carbocycles. The third-order valence-electron chi connectivity index (χ3n) is 4.33. The largest absolute Gasteiger partial charge is 0.314 e. The van der Waals surface area contributed by atoms with Crippen LogP contribution in [0.15, 0.2) is 24.3 Å². The number of piperazine rings is 1. The van der Waals surface area contributed by atoms with Crippen LogP contribution in [0.2, 0.25) is 0 Å². The lowest BCUT2D eigenvalue weighted by Crippen LogP contribution is -2.46. The van der Waals surface area contributed by atoms with Gasteiger partial charge in [0.2, 0.25) is 0 Å². The summed E-state index contributed by atoms with van der Waals surface area (Å²) in [6.45, 7) is 6.55. The fourth-order valence-electron chi connectivity index (χ4n) is 2.96. The molecule has 1 saturated carbocycles. The molecule has 2 fully saturated rings. The second-order valence-corrected chi connectivity index (χ2v) is 5.74. The summed E-state index contributed by atoms with van der Waals surface area (Å²) >= 11 is 0. The molecule has 0 radical (unpaired) electrons. The highest BCUT2D eigenvalue weighted by Crippen LogP contribution is 2.39. The third kappa shape index (κ3) is 2.57. The summed E-state index contributed by atoms with van der Waals surface area (Å²) < 4.78 is 13.3. The molecule has 1 aromatic carbocycles. The minimum absolute atomic E-state index is 0.127. The van der Waals surface area contributed by atoms with E-state index in [0.29, 0.717) is 6.04 Å². The van der Waals surface area contributed by atoms with Gasteiger partial charge in [-0.05, 0) is 36.0 Å². The first-order valence-corrected chi connectivity index (χ1v) is 6.94. The number of nitrogens with zero attached hydrogens (tertiary/aromatic N) is 1. The summed E-state index contributed by atoms with van der Waals surface area (Å²) in [5, 5.41) is 3.42. The monoisotopic (exact) mass is 248 g/mol. The maximum Gasteiger partial charge on any atom is 0.123 e. The van der Waals surface area contributed by atoms with Crippen LogP contribution in [0.4, 0.5) is 4.39 Å². The summed E-state index contributed by atoms with van der Waals surface area (Å²) in [6, 6.07) is 7.40. The summed E-state index contributed by atoms with van der Waals surface area (Å²) in [5.74, 6) is 1.62. The molecule has 1 saturated heterocycles. The normalized spacial score (nSPS) is 32.4. The van der Waals surface area contributed by atoms with Crippen LogP contribution in [-0.2, 0) is 0 Å². The lowest BCUT2D eigenvalue weighted by atomic mass is 10.0. The lowest BCUT2D eigenvalue weighted by molar-refractivity contribution is 0.153. The number of nitrogens with one attached hydrogen (secondary N) is 1. The van der Waals surface area contributed by atoms with E-state index in [2.05, 4.69) is 17.1 Å². The SMILES string of the molecule is CC1CC1CN1CCNCC1c1cccc(F)c1. The summed E-state index contributed by atoms with van der Waals surface area (Å²) in [4.78, 5) is 2.53. The van der Waals surface area contributed by atoms with E-state index in [-0.39, 0.29) is 5.82 Å². The van der Waals surface area contributed by atoms with E-state index in [1.165, 1.54) is 19.0 Å². The molecule has 0 spiro atoms. The summed E-state index contributed by atoms with van der Waals surface area (Å²) in [5.41, 5.74) is 1.11. The molecule has 0 bridgehead atoms. The van der Waals surface area contributed by atoms with Crippen LogP contribution >= 0.6 is 0 Å². The van der Waals surface area contributed by atoms with E-state index in [9.17, 15) is 4.39 Å². The molecule has 0 amide bonds. The Morgan fingerprint density at radius 3 is 3.00 bits per heavy atom. The number of rotatable bonds is 3. The summed E-state index contributed by atoms with van der Waals surface area (Å²) in [6.07, 6.45) is 1.36. The van der Waals surface area contributed by atoms with Crippen LogP contribution in [-0.4, -0.2) is 31.1 Å². The van der Waals surface area contributed by atoms with Crippen LogP contribution in [0.25, 0.3) is 0 Å². The quantitative estimate of drug-likeness (QED) is 0.884. The molecule has 3 atom stereocenters. The van der Waals surface area contributed by atoms with Crippen LogP contribution in [0, 0.1) is 17.7 Å². The molecular formula is C15H21FN2. The van der Waals surface area contributed by atoms with Gasteiger partial charge in [0.05, 0.1) is 0 Å². The van der Waals surface area contributed by atoms with E-state index in [1.54, 1.807) is 6.07 Å². The van der Waals surface area contributed by atoms with Gasteiger partial charge in [0, 0.05) is 32.2 Å². The zero-order valence-corrected chi connectivity index (χ0v) is 10.9. The molecule has 98 valence electrons. The predicted molar refractivity (Wildman–Crippen MR) is 70.9 cm³/mol. The van der Waals surface area contributed by atoms with Crippen molar-refractivity contribution in [2.45, 2.75) is 19.4 Å². The van der Waals surface area contributed by atoms with E-state index in [1.807, 2.05) is 12.1 Å². The fraction of sp³-hybridized carbons (Fsp3) is 0.600. The fourth-order valence-corrected chi connectivity index (χ4v) is 2.96. The number of hydrogen-bond donors (Lipinski definition) is 1. The molecule has 1 aromatic rings. The van der Waals surface area contributed by atoms with Crippen molar-refractivity contribution in [3.8, 4) is 0 Å². The second kappa shape index (κ2) is 4.98. The van der Waals surface area contributed by atoms with Gasteiger partial charge in [0.1, 0.15) is 5.82 Å². The van der Waals surface area contributed by atoms with Crippen molar-refractivity contribution in [2.24, 2.45) is 11.8 Å². The molecular weight excluding hydrogens is 227 g/mol. The van der Waals surface area contributed by atoms with Crippen molar-refractivity contribution < 1.29 is 4.39 Å². The van der Waals surface area contributed by atoms with E-state index in [0.717, 1.165) is 37.0 Å². The van der Waals surface area contributed by atoms with E-state index >= 15 is 0 Å².